The van der Waals surface area contributed by atoms with Crippen LogP contribution in [0.25, 0.3) is 0 Å². The van der Waals surface area contributed by atoms with E-state index in [4.69, 9.17) is 5.84 Å². The van der Waals surface area contributed by atoms with E-state index in [-0.39, 0.29) is 6.04 Å². The molecule has 0 saturated carbocycles. The van der Waals surface area contributed by atoms with Crippen molar-refractivity contribution in [3.05, 3.63) is 47.8 Å². The highest BCUT2D eigenvalue weighted by molar-refractivity contribution is 5.31. The van der Waals surface area contributed by atoms with Crippen molar-refractivity contribution in [3.8, 4) is 0 Å². The Morgan fingerprint density at radius 3 is 3.17 bits per heavy atom. The van der Waals surface area contributed by atoms with E-state index in [1.165, 1.54) is 11.3 Å². The molecule has 94 valence electrons. The van der Waals surface area contributed by atoms with Crippen LogP contribution >= 0.6 is 0 Å². The first kappa shape index (κ1) is 11.4. The number of nitrogens with one attached hydrogen (secondary N) is 1. The monoisotopic (exact) mass is 243 g/mol. The van der Waals surface area contributed by atoms with E-state index in [1.807, 2.05) is 30.1 Å². The Morgan fingerprint density at radius 2 is 2.44 bits per heavy atom. The van der Waals surface area contributed by atoms with Gasteiger partial charge in [-0.2, -0.15) is 0 Å². The Bertz CT molecular complexity index is 548. The summed E-state index contributed by atoms with van der Waals surface area (Å²) in [6.07, 6.45) is 7.67. The minimum absolute atomic E-state index is 0.0636. The molecule has 2 heterocycles. The molecule has 3 rings (SSSR count). The normalized spacial score (nSPS) is 19.8. The number of imidazole rings is 1. The van der Waals surface area contributed by atoms with Crippen molar-refractivity contribution in [2.75, 3.05) is 0 Å². The number of rotatable bonds is 3. The summed E-state index contributed by atoms with van der Waals surface area (Å²) in [6, 6.07) is 4.21. The molecule has 2 aromatic rings. The van der Waals surface area contributed by atoms with Crippen LogP contribution in [0.5, 0.6) is 0 Å². The lowest BCUT2D eigenvalue weighted by molar-refractivity contribution is 0.428. The van der Waals surface area contributed by atoms with Crippen molar-refractivity contribution in [1.29, 1.82) is 0 Å². The second kappa shape index (κ2) is 4.51. The smallest absolute Gasteiger partial charge is 0.0946 e. The molecule has 1 aliphatic carbocycles. The standard InChI is InChI=1S/C13H17N5/c1-18-8-15-7-11(18)13(17-14)10-5-4-9-3-2-6-16-12(9)10/h2-3,6-8,10,13,17H,4-5,14H2,1H3. The number of hydrazine groups is 1. The van der Waals surface area contributed by atoms with Crippen molar-refractivity contribution < 1.29 is 0 Å². The third-order valence-corrected chi connectivity index (χ3v) is 3.76. The molecular formula is C13H17N5. The maximum Gasteiger partial charge on any atom is 0.0946 e. The summed E-state index contributed by atoms with van der Waals surface area (Å²) in [6.45, 7) is 0. The van der Waals surface area contributed by atoms with E-state index in [0.717, 1.165) is 18.5 Å². The molecule has 0 fully saturated rings. The number of nitrogens with two attached hydrogens (primary N) is 1. The average molecular weight is 243 g/mol. The van der Waals surface area contributed by atoms with Gasteiger partial charge in [0.25, 0.3) is 0 Å². The van der Waals surface area contributed by atoms with Crippen molar-refractivity contribution in [2.45, 2.75) is 24.8 Å². The number of hydrogen-bond acceptors (Lipinski definition) is 4. The first-order valence-electron chi connectivity index (χ1n) is 6.17. The average Bonchev–Trinajstić information content (AvgIpc) is 2.99. The van der Waals surface area contributed by atoms with E-state index >= 15 is 0 Å². The summed E-state index contributed by atoms with van der Waals surface area (Å²) in [7, 11) is 1.99. The van der Waals surface area contributed by atoms with Gasteiger partial charge in [0.1, 0.15) is 0 Å². The van der Waals surface area contributed by atoms with Gasteiger partial charge in [0.2, 0.25) is 0 Å². The molecule has 0 amide bonds. The van der Waals surface area contributed by atoms with Gasteiger partial charge in [-0.05, 0) is 24.5 Å². The second-order valence-electron chi connectivity index (χ2n) is 4.77. The molecule has 0 bridgehead atoms. The number of aromatic nitrogens is 3. The van der Waals surface area contributed by atoms with Crippen LogP contribution in [-0.4, -0.2) is 14.5 Å². The van der Waals surface area contributed by atoms with Gasteiger partial charge in [0, 0.05) is 31.1 Å². The van der Waals surface area contributed by atoms with Crippen molar-refractivity contribution in [1.82, 2.24) is 20.0 Å². The van der Waals surface area contributed by atoms with Gasteiger partial charge in [-0.3, -0.25) is 16.3 Å². The fourth-order valence-electron chi connectivity index (χ4n) is 2.84. The van der Waals surface area contributed by atoms with Gasteiger partial charge in [0.15, 0.2) is 0 Å². The molecule has 2 unspecified atom stereocenters. The molecule has 3 N–H and O–H groups in total. The summed E-state index contributed by atoms with van der Waals surface area (Å²) in [4.78, 5) is 8.69. The van der Waals surface area contributed by atoms with Crippen LogP contribution in [0.4, 0.5) is 0 Å². The third kappa shape index (κ3) is 1.72. The predicted molar refractivity (Wildman–Crippen MR) is 68.6 cm³/mol. The molecule has 0 radical (unpaired) electrons. The molecule has 5 heteroatoms. The first-order chi connectivity index (χ1) is 8.81. The zero-order valence-corrected chi connectivity index (χ0v) is 10.4. The maximum absolute atomic E-state index is 5.75. The minimum Gasteiger partial charge on any atom is -0.336 e. The first-order valence-corrected chi connectivity index (χ1v) is 6.17. The van der Waals surface area contributed by atoms with E-state index < -0.39 is 0 Å². The molecule has 1 aliphatic rings. The van der Waals surface area contributed by atoms with Crippen molar-refractivity contribution in [3.63, 3.8) is 0 Å². The Balaban J connectivity index is 1.98. The summed E-state index contributed by atoms with van der Waals surface area (Å²) >= 11 is 0. The van der Waals surface area contributed by atoms with E-state index in [1.54, 1.807) is 6.33 Å². The number of nitrogens with zero attached hydrogens (tertiary/aromatic N) is 3. The van der Waals surface area contributed by atoms with Crippen LogP contribution in [0.15, 0.2) is 30.9 Å². The zero-order valence-electron chi connectivity index (χ0n) is 10.4. The zero-order chi connectivity index (χ0) is 12.5. The second-order valence-corrected chi connectivity index (χ2v) is 4.77. The van der Waals surface area contributed by atoms with Gasteiger partial charge in [-0.1, -0.05) is 6.07 Å². The number of pyridine rings is 1. The molecule has 2 atom stereocenters. The number of fused-ring (bicyclic) bond motifs is 1. The van der Waals surface area contributed by atoms with Crippen LogP contribution in [0.3, 0.4) is 0 Å². The lowest BCUT2D eigenvalue weighted by Crippen LogP contribution is -2.33. The van der Waals surface area contributed by atoms with Gasteiger partial charge in [-0.15, -0.1) is 0 Å². The molecule has 5 nitrogen and oxygen atoms in total. The van der Waals surface area contributed by atoms with E-state index in [0.29, 0.717) is 5.92 Å². The largest absolute Gasteiger partial charge is 0.336 e. The molecule has 0 spiro atoms. The minimum atomic E-state index is 0.0636. The van der Waals surface area contributed by atoms with Crippen LogP contribution in [0, 0.1) is 0 Å². The highest BCUT2D eigenvalue weighted by Gasteiger charge is 2.32. The van der Waals surface area contributed by atoms with E-state index in [9.17, 15) is 0 Å². The molecule has 0 aromatic carbocycles. The highest BCUT2D eigenvalue weighted by atomic mass is 15.3. The Hall–Kier alpha value is -1.72. The number of hydrogen-bond donors (Lipinski definition) is 2. The predicted octanol–water partition coefficient (Wildman–Crippen LogP) is 1.05. The van der Waals surface area contributed by atoms with Crippen LogP contribution in [-0.2, 0) is 13.5 Å². The maximum atomic E-state index is 5.75. The fourth-order valence-corrected chi connectivity index (χ4v) is 2.84. The molecule has 2 aromatic heterocycles. The topological polar surface area (TPSA) is 68.8 Å². The number of aryl methyl sites for hydroxylation is 2. The van der Waals surface area contributed by atoms with Crippen molar-refractivity contribution in [2.24, 2.45) is 12.9 Å². The quantitative estimate of drug-likeness (QED) is 0.624. The highest BCUT2D eigenvalue weighted by Crippen LogP contribution is 2.39. The van der Waals surface area contributed by atoms with E-state index in [2.05, 4.69) is 21.5 Å². The van der Waals surface area contributed by atoms with Gasteiger partial charge in [-0.25, -0.2) is 4.98 Å². The fraction of sp³-hybridized carbons (Fsp3) is 0.385. The molecule has 0 aliphatic heterocycles. The Labute approximate surface area is 106 Å². The molecule has 0 saturated heterocycles. The van der Waals surface area contributed by atoms with Crippen LogP contribution in [0.1, 0.15) is 35.3 Å². The lowest BCUT2D eigenvalue weighted by atomic mass is 9.95. The molecular weight excluding hydrogens is 226 g/mol. The summed E-state index contributed by atoms with van der Waals surface area (Å²) in [5.41, 5.74) is 6.53. The van der Waals surface area contributed by atoms with Gasteiger partial charge >= 0.3 is 0 Å². The van der Waals surface area contributed by atoms with Gasteiger partial charge < -0.3 is 4.57 Å². The van der Waals surface area contributed by atoms with Crippen molar-refractivity contribution >= 4 is 0 Å². The summed E-state index contributed by atoms with van der Waals surface area (Å²) in [5, 5.41) is 0. The molecule has 18 heavy (non-hydrogen) atoms. The van der Waals surface area contributed by atoms with Gasteiger partial charge in [0.05, 0.1) is 18.1 Å². The van der Waals surface area contributed by atoms with Crippen LogP contribution in [0.2, 0.25) is 0 Å². The Kier molecular flexibility index (Phi) is 2.85. The lowest BCUT2D eigenvalue weighted by Gasteiger charge is -2.23. The Morgan fingerprint density at radius 1 is 1.56 bits per heavy atom. The summed E-state index contributed by atoms with van der Waals surface area (Å²) < 4.78 is 2.01. The van der Waals surface area contributed by atoms with Crippen LogP contribution < -0.4 is 11.3 Å². The third-order valence-electron chi connectivity index (χ3n) is 3.76. The summed E-state index contributed by atoms with van der Waals surface area (Å²) in [5.74, 6) is 6.07. The SMILES string of the molecule is Cn1cncc1C(NN)C1CCc2cccnc21.